The number of carbonyl (C=O) groups is 1. The highest BCUT2D eigenvalue weighted by molar-refractivity contribution is 6.22. The van der Waals surface area contributed by atoms with Gasteiger partial charge in [-0.2, -0.15) is 0 Å². The summed E-state index contributed by atoms with van der Waals surface area (Å²) in [6.45, 7) is 3.87. The number of nitrogens with one attached hydrogen (secondary N) is 1. The average molecular weight is 304 g/mol. The maximum absolute atomic E-state index is 12.2. The number of alkyl halides is 2. The summed E-state index contributed by atoms with van der Waals surface area (Å²) in [6, 6.07) is 5.33. The van der Waals surface area contributed by atoms with Crippen molar-refractivity contribution in [3.63, 3.8) is 0 Å². The fourth-order valence-electron chi connectivity index (χ4n) is 1.65. The normalized spacial score (nSPS) is 11.2. The smallest absolute Gasteiger partial charge is 0.251 e. The van der Waals surface area contributed by atoms with Gasteiger partial charge in [-0.15, -0.1) is 23.2 Å². The average Bonchev–Trinajstić information content (AvgIpc) is 2.45. The SMILES string of the molecule is CCC(CCl)(CCl)NC(=O)c1ccc(C)c(OC)c1. The second-order valence-corrected chi connectivity index (χ2v) is 5.07. The fourth-order valence-corrected chi connectivity index (χ4v) is 2.45. The molecule has 0 heterocycles. The molecule has 1 amide bonds. The van der Waals surface area contributed by atoms with Gasteiger partial charge >= 0.3 is 0 Å². The van der Waals surface area contributed by atoms with Crippen molar-refractivity contribution in [3.8, 4) is 5.75 Å². The molecule has 3 nitrogen and oxygen atoms in total. The van der Waals surface area contributed by atoms with Crippen molar-refractivity contribution in [3.05, 3.63) is 29.3 Å². The molecule has 0 fully saturated rings. The highest BCUT2D eigenvalue weighted by atomic mass is 35.5. The number of methoxy groups -OCH3 is 1. The van der Waals surface area contributed by atoms with Crippen molar-refractivity contribution in [1.29, 1.82) is 0 Å². The molecule has 106 valence electrons. The number of halogens is 2. The van der Waals surface area contributed by atoms with E-state index < -0.39 is 5.54 Å². The zero-order chi connectivity index (χ0) is 14.5. The van der Waals surface area contributed by atoms with Gasteiger partial charge in [0.15, 0.2) is 0 Å². The summed E-state index contributed by atoms with van der Waals surface area (Å²) in [7, 11) is 1.58. The van der Waals surface area contributed by atoms with Crippen LogP contribution in [0.15, 0.2) is 18.2 Å². The Bertz CT molecular complexity index is 437. The zero-order valence-corrected chi connectivity index (χ0v) is 12.9. The van der Waals surface area contributed by atoms with Gasteiger partial charge < -0.3 is 10.1 Å². The van der Waals surface area contributed by atoms with E-state index in [4.69, 9.17) is 27.9 Å². The van der Waals surface area contributed by atoms with Gasteiger partial charge in [-0.25, -0.2) is 0 Å². The Labute approximate surface area is 124 Å². The van der Waals surface area contributed by atoms with Crippen molar-refractivity contribution in [2.24, 2.45) is 0 Å². The van der Waals surface area contributed by atoms with Crippen LogP contribution >= 0.6 is 23.2 Å². The number of carbonyl (C=O) groups excluding carboxylic acids is 1. The first-order valence-electron chi connectivity index (χ1n) is 6.11. The van der Waals surface area contributed by atoms with Gasteiger partial charge in [0.2, 0.25) is 0 Å². The highest BCUT2D eigenvalue weighted by Crippen LogP contribution is 2.21. The van der Waals surface area contributed by atoms with Crippen LogP contribution in [0.25, 0.3) is 0 Å². The first-order valence-corrected chi connectivity index (χ1v) is 7.18. The Balaban J connectivity index is 2.94. The molecule has 0 spiro atoms. The monoisotopic (exact) mass is 303 g/mol. The molecular weight excluding hydrogens is 285 g/mol. The quantitative estimate of drug-likeness (QED) is 0.818. The van der Waals surface area contributed by atoms with E-state index in [1.54, 1.807) is 19.2 Å². The number of hydrogen-bond donors (Lipinski definition) is 1. The summed E-state index contributed by atoms with van der Waals surface area (Å²) in [5.74, 6) is 1.05. The maximum atomic E-state index is 12.2. The van der Waals surface area contributed by atoms with E-state index in [1.807, 2.05) is 19.9 Å². The summed E-state index contributed by atoms with van der Waals surface area (Å²) in [5, 5.41) is 2.91. The van der Waals surface area contributed by atoms with Gasteiger partial charge in [0.05, 0.1) is 12.6 Å². The van der Waals surface area contributed by atoms with Crippen LogP contribution in [-0.2, 0) is 0 Å². The number of amides is 1. The molecular formula is C14H19Cl2NO2. The van der Waals surface area contributed by atoms with Crippen LogP contribution in [0.3, 0.4) is 0 Å². The number of ether oxygens (including phenoxy) is 1. The first kappa shape index (κ1) is 16.1. The van der Waals surface area contributed by atoms with Gasteiger partial charge in [0.1, 0.15) is 5.75 Å². The minimum Gasteiger partial charge on any atom is -0.496 e. The van der Waals surface area contributed by atoms with Crippen molar-refractivity contribution in [1.82, 2.24) is 5.32 Å². The molecule has 0 unspecified atom stereocenters. The first-order chi connectivity index (χ1) is 9.01. The van der Waals surface area contributed by atoms with E-state index in [0.29, 0.717) is 17.7 Å². The van der Waals surface area contributed by atoms with E-state index in [-0.39, 0.29) is 17.7 Å². The van der Waals surface area contributed by atoms with Crippen molar-refractivity contribution >= 4 is 29.1 Å². The number of aryl methyl sites for hydroxylation is 1. The Morgan fingerprint density at radius 1 is 1.37 bits per heavy atom. The van der Waals surface area contributed by atoms with Gasteiger partial charge in [0, 0.05) is 17.3 Å². The minimum atomic E-state index is -0.571. The van der Waals surface area contributed by atoms with E-state index >= 15 is 0 Å². The van der Waals surface area contributed by atoms with Gasteiger partial charge in [-0.3, -0.25) is 4.79 Å². The summed E-state index contributed by atoms with van der Waals surface area (Å²) in [4.78, 5) is 12.2. The molecule has 1 aromatic carbocycles. The van der Waals surface area contributed by atoms with Crippen LogP contribution < -0.4 is 10.1 Å². The maximum Gasteiger partial charge on any atom is 0.251 e. The standard InChI is InChI=1S/C14H19Cl2NO2/c1-4-14(8-15,9-16)17-13(18)11-6-5-10(2)12(7-11)19-3/h5-7H,4,8-9H2,1-3H3,(H,17,18). The molecule has 0 aliphatic heterocycles. The highest BCUT2D eigenvalue weighted by Gasteiger charge is 2.28. The molecule has 0 aromatic heterocycles. The molecule has 0 atom stereocenters. The third kappa shape index (κ3) is 3.77. The lowest BCUT2D eigenvalue weighted by Crippen LogP contribution is -2.51. The Hall–Kier alpha value is -0.930. The van der Waals surface area contributed by atoms with Crippen molar-refractivity contribution in [2.75, 3.05) is 18.9 Å². The van der Waals surface area contributed by atoms with Crippen LogP contribution in [0.2, 0.25) is 0 Å². The zero-order valence-electron chi connectivity index (χ0n) is 11.4. The fraction of sp³-hybridized carbons (Fsp3) is 0.500. The predicted octanol–water partition coefficient (Wildman–Crippen LogP) is 3.36. The van der Waals surface area contributed by atoms with E-state index in [2.05, 4.69) is 5.32 Å². The number of benzene rings is 1. The molecule has 0 bridgehead atoms. The van der Waals surface area contributed by atoms with Gasteiger partial charge in [0.25, 0.3) is 5.91 Å². The second kappa shape index (κ2) is 7.01. The summed E-state index contributed by atoms with van der Waals surface area (Å²) in [5.41, 5.74) is 0.948. The lowest BCUT2D eigenvalue weighted by Gasteiger charge is -2.29. The minimum absolute atomic E-state index is 0.193. The summed E-state index contributed by atoms with van der Waals surface area (Å²) >= 11 is 11.8. The number of hydrogen-bond acceptors (Lipinski definition) is 2. The van der Waals surface area contributed by atoms with Gasteiger partial charge in [-0.05, 0) is 31.0 Å². The van der Waals surface area contributed by atoms with Crippen LogP contribution in [0.4, 0.5) is 0 Å². The van der Waals surface area contributed by atoms with Crippen LogP contribution in [0.5, 0.6) is 5.75 Å². The molecule has 1 N–H and O–H groups in total. The summed E-state index contributed by atoms with van der Waals surface area (Å²) < 4.78 is 5.21. The molecule has 1 aromatic rings. The molecule has 1 rings (SSSR count). The van der Waals surface area contributed by atoms with E-state index in [9.17, 15) is 4.79 Å². The molecule has 0 aliphatic rings. The molecule has 19 heavy (non-hydrogen) atoms. The molecule has 0 aliphatic carbocycles. The number of rotatable bonds is 6. The third-order valence-electron chi connectivity index (χ3n) is 3.24. The topological polar surface area (TPSA) is 38.3 Å². The van der Waals surface area contributed by atoms with Crippen LogP contribution in [0.1, 0.15) is 29.3 Å². The largest absolute Gasteiger partial charge is 0.496 e. The second-order valence-electron chi connectivity index (χ2n) is 4.54. The van der Waals surface area contributed by atoms with E-state index in [1.165, 1.54) is 0 Å². The van der Waals surface area contributed by atoms with Gasteiger partial charge in [-0.1, -0.05) is 13.0 Å². The Morgan fingerprint density at radius 2 is 2.00 bits per heavy atom. The lowest BCUT2D eigenvalue weighted by molar-refractivity contribution is 0.0913. The molecule has 0 radical (unpaired) electrons. The molecule has 5 heteroatoms. The predicted molar refractivity (Wildman–Crippen MR) is 79.7 cm³/mol. The third-order valence-corrected chi connectivity index (χ3v) is 4.26. The van der Waals surface area contributed by atoms with Crippen LogP contribution in [0, 0.1) is 6.92 Å². The molecule has 0 saturated carbocycles. The van der Waals surface area contributed by atoms with Crippen LogP contribution in [-0.4, -0.2) is 30.3 Å². The van der Waals surface area contributed by atoms with E-state index in [0.717, 1.165) is 5.56 Å². The lowest BCUT2D eigenvalue weighted by atomic mass is 10.0. The summed E-state index contributed by atoms with van der Waals surface area (Å²) in [6.07, 6.45) is 0.675. The Kier molecular flexibility index (Phi) is 5.95. The van der Waals surface area contributed by atoms with Crippen molar-refractivity contribution < 1.29 is 9.53 Å². The molecule has 0 saturated heterocycles. The van der Waals surface area contributed by atoms with Crippen molar-refractivity contribution in [2.45, 2.75) is 25.8 Å². The Morgan fingerprint density at radius 3 is 2.47 bits per heavy atom.